The second-order valence-corrected chi connectivity index (χ2v) is 7.10. The lowest BCUT2D eigenvalue weighted by Gasteiger charge is -2.10. The third-order valence-electron chi connectivity index (χ3n) is 3.78. The van der Waals surface area contributed by atoms with Crippen LogP contribution < -0.4 is 4.74 Å². The van der Waals surface area contributed by atoms with Crippen LogP contribution in [0.15, 0.2) is 64.9 Å². The lowest BCUT2D eigenvalue weighted by Crippen LogP contribution is -2.01. The van der Waals surface area contributed by atoms with E-state index >= 15 is 0 Å². The minimum atomic E-state index is -3.32. The Kier molecular flexibility index (Phi) is 3.16. The van der Waals surface area contributed by atoms with Gasteiger partial charge in [-0.2, -0.15) is 0 Å². The van der Waals surface area contributed by atoms with Gasteiger partial charge in [-0.05, 0) is 30.3 Å². The minimum absolute atomic E-state index is 0.287. The van der Waals surface area contributed by atoms with Gasteiger partial charge in [0.1, 0.15) is 12.4 Å². The maximum atomic E-state index is 11.9. The molecule has 1 aliphatic rings. The predicted octanol–water partition coefficient (Wildman–Crippen LogP) is 3.57. The molecule has 0 bridgehead atoms. The number of aromatic nitrogens is 1. The Labute approximate surface area is 134 Å². The summed E-state index contributed by atoms with van der Waals surface area (Å²) in [6.07, 6.45) is 1.58. The molecule has 2 aromatic carbocycles. The van der Waals surface area contributed by atoms with Gasteiger partial charge in [0.15, 0.2) is 0 Å². The number of rotatable bonds is 3. The lowest BCUT2D eigenvalue weighted by molar-refractivity contribution is 0.300. The quantitative estimate of drug-likeness (QED) is 0.739. The Balaban J connectivity index is 1.62. The molecule has 0 saturated heterocycles. The number of benzene rings is 2. The number of ether oxygens (including phenoxy) is 1. The molecule has 5 heteroatoms. The summed E-state index contributed by atoms with van der Waals surface area (Å²) in [7, 11) is -3.32. The van der Waals surface area contributed by atoms with Crippen molar-refractivity contribution < 1.29 is 13.2 Å². The van der Waals surface area contributed by atoms with E-state index in [1.165, 1.54) is 5.41 Å². The number of para-hydroxylation sites is 1. The Morgan fingerprint density at radius 3 is 2.74 bits per heavy atom. The van der Waals surface area contributed by atoms with Crippen molar-refractivity contribution in [2.45, 2.75) is 11.5 Å². The molecule has 0 atom stereocenters. The van der Waals surface area contributed by atoms with Crippen molar-refractivity contribution in [2.24, 2.45) is 0 Å². The largest absolute Gasteiger partial charge is 0.487 e. The van der Waals surface area contributed by atoms with Crippen LogP contribution in [0.1, 0.15) is 11.3 Å². The Bertz CT molecular complexity index is 1040. The van der Waals surface area contributed by atoms with Gasteiger partial charge in [0.25, 0.3) is 0 Å². The summed E-state index contributed by atoms with van der Waals surface area (Å²) in [5, 5.41) is 2.28. The maximum absolute atomic E-state index is 11.9. The molecule has 4 nitrogen and oxygen atoms in total. The molecule has 4 rings (SSSR count). The van der Waals surface area contributed by atoms with Crippen LogP contribution in [0.4, 0.5) is 0 Å². The number of sulfone groups is 1. The highest BCUT2D eigenvalue weighted by molar-refractivity contribution is 7.94. The number of hydrogen-bond acceptors (Lipinski definition) is 4. The van der Waals surface area contributed by atoms with Crippen molar-refractivity contribution in [1.82, 2.24) is 4.98 Å². The maximum Gasteiger partial charge on any atom is 0.200 e. The van der Waals surface area contributed by atoms with Crippen LogP contribution in [0.5, 0.6) is 5.75 Å². The minimum Gasteiger partial charge on any atom is -0.487 e. The molecular formula is C18H13NO3S. The van der Waals surface area contributed by atoms with E-state index in [4.69, 9.17) is 4.74 Å². The molecule has 0 unspecified atom stereocenters. The first-order valence-electron chi connectivity index (χ1n) is 7.17. The van der Waals surface area contributed by atoms with Crippen molar-refractivity contribution in [1.29, 1.82) is 0 Å². The van der Waals surface area contributed by atoms with Crippen LogP contribution >= 0.6 is 0 Å². The smallest absolute Gasteiger partial charge is 0.200 e. The zero-order chi connectivity index (χ0) is 15.9. The van der Waals surface area contributed by atoms with Crippen molar-refractivity contribution in [3.05, 3.63) is 71.3 Å². The second kappa shape index (κ2) is 5.21. The molecule has 0 spiro atoms. The van der Waals surface area contributed by atoms with Gasteiger partial charge in [0, 0.05) is 16.4 Å². The highest BCUT2D eigenvalue weighted by Crippen LogP contribution is 2.34. The number of pyridine rings is 1. The highest BCUT2D eigenvalue weighted by atomic mass is 32.2. The molecule has 2 heterocycles. The van der Waals surface area contributed by atoms with Gasteiger partial charge in [-0.1, -0.05) is 30.3 Å². The molecule has 0 N–H and O–H groups in total. The van der Waals surface area contributed by atoms with Crippen LogP contribution in [-0.4, -0.2) is 13.4 Å². The molecule has 0 aliphatic carbocycles. The summed E-state index contributed by atoms with van der Waals surface area (Å²) in [6.45, 7) is 0.287. The third kappa shape index (κ3) is 2.49. The van der Waals surface area contributed by atoms with E-state index in [1.807, 2.05) is 36.4 Å². The van der Waals surface area contributed by atoms with E-state index in [2.05, 4.69) is 4.98 Å². The predicted molar refractivity (Wildman–Crippen MR) is 88.7 cm³/mol. The lowest BCUT2D eigenvalue weighted by atomic mass is 10.2. The van der Waals surface area contributed by atoms with Crippen molar-refractivity contribution in [3.8, 4) is 5.75 Å². The first kappa shape index (κ1) is 14.0. The summed E-state index contributed by atoms with van der Waals surface area (Å²) < 4.78 is 29.5. The molecule has 1 aromatic heterocycles. The second-order valence-electron chi connectivity index (χ2n) is 5.30. The Morgan fingerprint density at radius 1 is 0.957 bits per heavy atom. The van der Waals surface area contributed by atoms with Gasteiger partial charge >= 0.3 is 0 Å². The van der Waals surface area contributed by atoms with Crippen LogP contribution in [0, 0.1) is 0 Å². The average Bonchev–Trinajstić information content (AvgIpc) is 2.89. The molecule has 0 fully saturated rings. The fourth-order valence-corrected chi connectivity index (χ4v) is 3.84. The fourth-order valence-electron chi connectivity index (χ4n) is 2.63. The molecule has 0 radical (unpaired) electrons. The summed E-state index contributed by atoms with van der Waals surface area (Å²) in [5.41, 5.74) is 2.31. The molecule has 3 aromatic rings. The number of hydrogen-bond donors (Lipinski definition) is 0. The standard InChI is InChI=1S/C18H13NO3S/c20-23(21)11-10-15-17(6-3-7-18(15)23)22-12-14-9-8-13-4-1-2-5-16(13)19-14/h1-11H,12H2. The first-order chi connectivity index (χ1) is 11.1. The van der Waals surface area contributed by atoms with Gasteiger partial charge in [-0.15, -0.1) is 0 Å². The monoisotopic (exact) mass is 323 g/mol. The number of fused-ring (bicyclic) bond motifs is 2. The molecule has 1 aliphatic heterocycles. The average molecular weight is 323 g/mol. The molecule has 23 heavy (non-hydrogen) atoms. The van der Waals surface area contributed by atoms with Crippen LogP contribution in [-0.2, 0) is 16.4 Å². The van der Waals surface area contributed by atoms with Crippen LogP contribution in [0.25, 0.3) is 17.0 Å². The van der Waals surface area contributed by atoms with Crippen molar-refractivity contribution in [3.63, 3.8) is 0 Å². The van der Waals surface area contributed by atoms with Gasteiger partial charge < -0.3 is 4.74 Å². The molecule has 0 saturated carbocycles. The van der Waals surface area contributed by atoms with Crippen LogP contribution in [0.3, 0.4) is 0 Å². The third-order valence-corrected chi connectivity index (χ3v) is 5.24. The summed E-state index contributed by atoms with van der Waals surface area (Å²) in [4.78, 5) is 4.84. The number of nitrogens with zero attached hydrogens (tertiary/aromatic N) is 1. The highest BCUT2D eigenvalue weighted by Gasteiger charge is 2.23. The normalized spacial score (nSPS) is 14.8. The first-order valence-corrected chi connectivity index (χ1v) is 8.72. The van der Waals surface area contributed by atoms with E-state index in [0.29, 0.717) is 16.2 Å². The molecule has 0 amide bonds. The van der Waals surface area contributed by atoms with Gasteiger partial charge in [0.05, 0.1) is 16.1 Å². The molecular weight excluding hydrogens is 310 g/mol. The van der Waals surface area contributed by atoms with E-state index in [0.717, 1.165) is 16.6 Å². The SMILES string of the molecule is O=S1(=O)C=Cc2c(OCc3ccc4ccccc4n3)cccc21. The Morgan fingerprint density at radius 2 is 1.83 bits per heavy atom. The van der Waals surface area contributed by atoms with Crippen molar-refractivity contribution in [2.75, 3.05) is 0 Å². The Hall–Kier alpha value is -2.66. The van der Waals surface area contributed by atoms with Gasteiger partial charge in [-0.25, -0.2) is 13.4 Å². The molecule has 114 valence electrons. The topological polar surface area (TPSA) is 56.3 Å². The zero-order valence-corrected chi connectivity index (χ0v) is 13.0. The van der Waals surface area contributed by atoms with Gasteiger partial charge in [-0.3, -0.25) is 0 Å². The van der Waals surface area contributed by atoms with Gasteiger partial charge in [0.2, 0.25) is 9.84 Å². The summed E-state index contributed by atoms with van der Waals surface area (Å²) >= 11 is 0. The van der Waals surface area contributed by atoms with E-state index in [1.54, 1.807) is 24.3 Å². The van der Waals surface area contributed by atoms with E-state index < -0.39 is 9.84 Å². The van der Waals surface area contributed by atoms with E-state index in [9.17, 15) is 8.42 Å². The fraction of sp³-hybridized carbons (Fsp3) is 0.0556. The summed E-state index contributed by atoms with van der Waals surface area (Å²) in [6, 6.07) is 16.8. The zero-order valence-electron chi connectivity index (χ0n) is 12.1. The van der Waals surface area contributed by atoms with Crippen molar-refractivity contribution >= 4 is 26.8 Å². The van der Waals surface area contributed by atoms with Crippen LogP contribution in [0.2, 0.25) is 0 Å². The summed E-state index contributed by atoms with van der Waals surface area (Å²) in [5.74, 6) is 0.551. The van der Waals surface area contributed by atoms with E-state index in [-0.39, 0.29) is 6.61 Å².